The number of rotatable bonds is 5. The molecule has 27 heavy (non-hydrogen) atoms. The molecule has 4 aliphatic carbocycles. The Morgan fingerprint density at radius 3 is 2.59 bits per heavy atom. The molecule has 0 aromatic carbocycles. The fourth-order valence-electron chi connectivity index (χ4n) is 7.69. The average Bonchev–Trinajstić information content (AvgIpc) is 3.28. The van der Waals surface area contributed by atoms with Gasteiger partial charge in [-0.05, 0) is 69.6 Å². The molecule has 0 aromatic heterocycles. The zero-order valence-corrected chi connectivity index (χ0v) is 17.6. The van der Waals surface area contributed by atoms with Crippen molar-refractivity contribution in [1.29, 1.82) is 0 Å². The van der Waals surface area contributed by atoms with E-state index in [1.54, 1.807) is 7.11 Å². The number of ether oxygens (including phenoxy) is 3. The van der Waals surface area contributed by atoms with Gasteiger partial charge in [-0.1, -0.05) is 19.1 Å². The maximum absolute atomic E-state index is 13.8. The summed E-state index contributed by atoms with van der Waals surface area (Å²) in [7, 11) is 3.54. The zero-order valence-electron chi connectivity index (χ0n) is 17.6. The highest BCUT2D eigenvalue weighted by molar-refractivity contribution is 5.89. The first-order valence-corrected chi connectivity index (χ1v) is 10.7. The minimum Gasteiger partial charge on any atom is -0.381 e. The topological polar surface area (TPSA) is 44.8 Å². The van der Waals surface area contributed by atoms with E-state index in [4.69, 9.17) is 14.2 Å². The molecule has 0 radical (unpaired) electrons. The number of carbonyl (C=O) groups is 1. The van der Waals surface area contributed by atoms with Gasteiger partial charge < -0.3 is 14.2 Å². The summed E-state index contributed by atoms with van der Waals surface area (Å²) in [5.41, 5.74) is -0.234. The van der Waals surface area contributed by atoms with E-state index in [0.717, 1.165) is 19.3 Å². The molecular formula is C23H36O4. The van der Waals surface area contributed by atoms with E-state index in [0.29, 0.717) is 24.4 Å². The van der Waals surface area contributed by atoms with Crippen LogP contribution in [0.15, 0.2) is 12.2 Å². The van der Waals surface area contributed by atoms with E-state index >= 15 is 0 Å². The van der Waals surface area contributed by atoms with Crippen molar-refractivity contribution in [2.75, 3.05) is 21.0 Å². The van der Waals surface area contributed by atoms with Crippen LogP contribution in [0, 0.1) is 34.0 Å². The predicted molar refractivity (Wildman–Crippen MR) is 104 cm³/mol. The SMILES string of the molecule is CC=C[C@]1(C)C[C@@H](OCOC)[C@]23C[C@@H]2CCC2(CC[C@@H](OC)C23)[C@@H](C)C1=O. The third-order valence-electron chi connectivity index (χ3n) is 8.87. The highest BCUT2D eigenvalue weighted by atomic mass is 16.7. The summed E-state index contributed by atoms with van der Waals surface area (Å²) in [5, 5.41) is 0. The number of methoxy groups -OCH3 is 2. The molecule has 4 rings (SSSR count). The van der Waals surface area contributed by atoms with Gasteiger partial charge in [-0.15, -0.1) is 0 Å². The van der Waals surface area contributed by atoms with Crippen molar-refractivity contribution in [1.82, 2.24) is 0 Å². The summed E-state index contributed by atoms with van der Waals surface area (Å²) in [4.78, 5) is 13.8. The lowest BCUT2D eigenvalue weighted by atomic mass is 9.50. The minimum atomic E-state index is -0.465. The Kier molecular flexibility index (Phi) is 4.84. The van der Waals surface area contributed by atoms with Gasteiger partial charge in [-0.2, -0.15) is 0 Å². The summed E-state index contributed by atoms with van der Waals surface area (Å²) in [6.07, 6.45) is 11.0. The molecule has 8 atom stereocenters. The van der Waals surface area contributed by atoms with E-state index in [-0.39, 0.29) is 29.0 Å². The standard InChI is InChI=1S/C23H36O4/c1-6-9-21(3)13-18(27-14-25-4)23-12-16(23)7-10-22(15(2)20(21)24)11-8-17(26-5)19(22)23/h6,9,15-19H,7-8,10-14H2,1-5H3/t15-,16-,17+,18+,19?,21+,22?,23-/m0/s1. The van der Waals surface area contributed by atoms with E-state index in [1.165, 1.54) is 19.3 Å². The second kappa shape index (κ2) is 6.67. The van der Waals surface area contributed by atoms with E-state index in [1.807, 2.05) is 20.1 Å². The van der Waals surface area contributed by atoms with Crippen LogP contribution in [0.5, 0.6) is 0 Å². The van der Waals surface area contributed by atoms with Gasteiger partial charge in [0.2, 0.25) is 0 Å². The molecule has 0 amide bonds. The van der Waals surface area contributed by atoms with Crippen LogP contribution in [0.3, 0.4) is 0 Å². The fourth-order valence-corrected chi connectivity index (χ4v) is 7.69. The van der Waals surface area contributed by atoms with Crippen LogP contribution < -0.4 is 0 Å². The molecule has 4 aliphatic rings. The quantitative estimate of drug-likeness (QED) is 0.528. The lowest BCUT2D eigenvalue weighted by Crippen LogP contribution is -2.57. The van der Waals surface area contributed by atoms with E-state index < -0.39 is 5.41 Å². The first kappa shape index (κ1) is 19.6. The van der Waals surface area contributed by atoms with Crippen LogP contribution in [0.2, 0.25) is 0 Å². The number of hydrogen-bond donors (Lipinski definition) is 0. The third-order valence-corrected chi connectivity index (χ3v) is 8.87. The third kappa shape index (κ3) is 2.55. The summed E-state index contributed by atoms with van der Waals surface area (Å²) in [6.45, 7) is 6.65. The highest BCUT2D eigenvalue weighted by Gasteiger charge is 2.76. The number of ketones is 1. The highest BCUT2D eigenvalue weighted by Crippen LogP contribution is 2.78. The zero-order chi connectivity index (χ0) is 19.4. The number of allylic oxidation sites excluding steroid dienone is 2. The van der Waals surface area contributed by atoms with Gasteiger partial charge in [0.15, 0.2) is 0 Å². The maximum Gasteiger partial charge on any atom is 0.146 e. The molecule has 4 nitrogen and oxygen atoms in total. The monoisotopic (exact) mass is 376 g/mol. The summed E-state index contributed by atoms with van der Waals surface area (Å²) >= 11 is 0. The van der Waals surface area contributed by atoms with Crippen LogP contribution in [-0.4, -0.2) is 39.0 Å². The van der Waals surface area contributed by atoms with E-state index in [9.17, 15) is 4.79 Å². The predicted octanol–water partition coefficient (Wildman–Crippen LogP) is 4.38. The molecule has 0 aliphatic heterocycles. The number of hydrogen-bond acceptors (Lipinski definition) is 4. The van der Waals surface area contributed by atoms with E-state index in [2.05, 4.69) is 19.9 Å². The molecule has 0 heterocycles. The Morgan fingerprint density at radius 1 is 1.19 bits per heavy atom. The van der Waals surface area contributed by atoms with Crippen LogP contribution >= 0.6 is 0 Å². The molecule has 152 valence electrons. The Balaban J connectivity index is 1.84. The van der Waals surface area contributed by atoms with Crippen molar-refractivity contribution < 1.29 is 19.0 Å². The van der Waals surface area contributed by atoms with Crippen molar-refractivity contribution in [3.05, 3.63) is 12.2 Å². The summed E-state index contributed by atoms with van der Waals surface area (Å²) < 4.78 is 17.7. The molecule has 4 saturated carbocycles. The second-order valence-electron chi connectivity index (χ2n) is 9.85. The molecular weight excluding hydrogens is 340 g/mol. The van der Waals surface area contributed by atoms with Crippen molar-refractivity contribution in [3.63, 3.8) is 0 Å². The van der Waals surface area contributed by atoms with Gasteiger partial charge >= 0.3 is 0 Å². The Labute approximate surface area is 164 Å². The average molecular weight is 377 g/mol. The molecule has 4 fully saturated rings. The normalized spacial score (nSPS) is 51.6. The van der Waals surface area contributed by atoms with Crippen molar-refractivity contribution in [2.45, 2.75) is 71.5 Å². The molecule has 1 spiro atoms. The molecule has 0 saturated heterocycles. The Hall–Kier alpha value is -0.710. The molecule has 0 aromatic rings. The van der Waals surface area contributed by atoms with Crippen molar-refractivity contribution in [3.8, 4) is 0 Å². The van der Waals surface area contributed by atoms with Gasteiger partial charge in [-0.25, -0.2) is 0 Å². The van der Waals surface area contributed by atoms with Crippen molar-refractivity contribution in [2.24, 2.45) is 34.0 Å². The minimum absolute atomic E-state index is 0.0560. The lowest BCUT2D eigenvalue weighted by Gasteiger charge is -2.55. The summed E-state index contributed by atoms with van der Waals surface area (Å²) in [5.74, 6) is 1.61. The van der Waals surface area contributed by atoms with Gasteiger partial charge in [0.1, 0.15) is 12.6 Å². The first-order valence-electron chi connectivity index (χ1n) is 10.7. The molecule has 4 heteroatoms. The number of Topliss-reactive ketones (excluding diaryl/α,β-unsaturated/α-hetero) is 1. The Morgan fingerprint density at radius 2 is 1.93 bits per heavy atom. The van der Waals surface area contributed by atoms with Crippen LogP contribution in [-0.2, 0) is 19.0 Å². The van der Waals surface area contributed by atoms with Gasteiger partial charge in [0, 0.05) is 31.0 Å². The first-order chi connectivity index (χ1) is 12.9. The lowest BCUT2D eigenvalue weighted by molar-refractivity contribution is -0.178. The van der Waals surface area contributed by atoms with Crippen LogP contribution in [0.25, 0.3) is 0 Å². The van der Waals surface area contributed by atoms with Crippen LogP contribution in [0.1, 0.15) is 59.3 Å². The number of carbonyl (C=O) groups excluding carboxylic acids is 1. The summed E-state index contributed by atoms with van der Waals surface area (Å²) in [6, 6.07) is 0. The smallest absolute Gasteiger partial charge is 0.146 e. The van der Waals surface area contributed by atoms with Gasteiger partial charge in [0.25, 0.3) is 0 Å². The molecule has 2 unspecified atom stereocenters. The molecule has 0 N–H and O–H groups in total. The van der Waals surface area contributed by atoms with Crippen molar-refractivity contribution >= 4 is 5.78 Å². The van der Waals surface area contributed by atoms with Gasteiger partial charge in [0.05, 0.1) is 12.2 Å². The largest absolute Gasteiger partial charge is 0.381 e. The maximum atomic E-state index is 13.8. The Bertz CT molecular complexity index is 630. The van der Waals surface area contributed by atoms with Crippen LogP contribution in [0.4, 0.5) is 0 Å². The second-order valence-corrected chi connectivity index (χ2v) is 9.85. The van der Waals surface area contributed by atoms with Gasteiger partial charge in [-0.3, -0.25) is 4.79 Å². The fraction of sp³-hybridized carbons (Fsp3) is 0.870. The molecule has 2 bridgehead atoms.